The maximum absolute atomic E-state index is 11.8. The number of ether oxygens (including phenoxy) is 1. The number of non-ortho nitro benzene ring substituents is 1. The van der Waals surface area contributed by atoms with Crippen molar-refractivity contribution in [3.8, 4) is 0 Å². The van der Waals surface area contributed by atoms with Crippen LogP contribution in [0.5, 0.6) is 0 Å². The van der Waals surface area contributed by atoms with Gasteiger partial charge in [-0.05, 0) is 12.8 Å². The molecule has 0 spiro atoms. The third-order valence-corrected chi connectivity index (χ3v) is 3.13. The maximum Gasteiger partial charge on any atom is 0.270 e. The minimum atomic E-state index is -0.505. The van der Waals surface area contributed by atoms with Gasteiger partial charge in [0.25, 0.3) is 5.69 Å². The monoisotopic (exact) mass is 249 g/mol. The topological polar surface area (TPSA) is 69.4 Å². The van der Waals surface area contributed by atoms with Crippen LogP contribution in [0.1, 0.15) is 36.0 Å². The van der Waals surface area contributed by atoms with Crippen LogP contribution in [0.4, 0.5) is 5.69 Å². The molecule has 1 saturated carbocycles. The molecule has 0 heterocycles. The number of carbonyl (C=O) groups excluding carboxylic acids is 1. The van der Waals surface area contributed by atoms with E-state index in [0.717, 1.165) is 25.7 Å². The largest absolute Gasteiger partial charge is 0.370 e. The van der Waals surface area contributed by atoms with Crippen molar-refractivity contribution in [1.29, 1.82) is 0 Å². The summed E-state index contributed by atoms with van der Waals surface area (Å²) < 4.78 is 5.50. The molecule has 5 nitrogen and oxygen atoms in total. The quantitative estimate of drug-likeness (QED) is 0.457. The first kappa shape index (κ1) is 12.7. The van der Waals surface area contributed by atoms with Crippen LogP contribution in [0.15, 0.2) is 24.3 Å². The number of nitro groups is 1. The van der Waals surface area contributed by atoms with E-state index >= 15 is 0 Å². The minimum absolute atomic E-state index is 0.00579. The zero-order valence-corrected chi connectivity index (χ0v) is 10.0. The number of nitrogens with zero attached hydrogens (tertiary/aromatic N) is 1. The molecule has 0 aliphatic heterocycles. The Morgan fingerprint density at radius 1 is 1.39 bits per heavy atom. The lowest BCUT2D eigenvalue weighted by Gasteiger charge is -2.09. The second-order valence-corrected chi connectivity index (χ2v) is 4.45. The van der Waals surface area contributed by atoms with Crippen molar-refractivity contribution >= 4 is 11.5 Å². The van der Waals surface area contributed by atoms with Crippen molar-refractivity contribution in [2.75, 3.05) is 6.61 Å². The number of ketones is 1. The van der Waals surface area contributed by atoms with Crippen LogP contribution in [0, 0.1) is 10.1 Å². The molecular formula is C13H15NO4. The van der Waals surface area contributed by atoms with Crippen LogP contribution in [-0.4, -0.2) is 23.4 Å². The Labute approximate surface area is 105 Å². The molecule has 5 heteroatoms. The van der Waals surface area contributed by atoms with Crippen molar-refractivity contribution in [2.24, 2.45) is 0 Å². The van der Waals surface area contributed by atoms with Gasteiger partial charge in [-0.25, -0.2) is 0 Å². The van der Waals surface area contributed by atoms with E-state index in [1.165, 1.54) is 18.2 Å². The SMILES string of the molecule is O=C(COC1CCCC1)c1cccc([N+](=O)[O-])c1. The fourth-order valence-corrected chi connectivity index (χ4v) is 2.12. The smallest absolute Gasteiger partial charge is 0.270 e. The van der Waals surface area contributed by atoms with Crippen molar-refractivity contribution < 1.29 is 14.5 Å². The lowest BCUT2D eigenvalue weighted by Crippen LogP contribution is -2.15. The van der Waals surface area contributed by atoms with Gasteiger partial charge in [0.15, 0.2) is 5.78 Å². The van der Waals surface area contributed by atoms with Gasteiger partial charge < -0.3 is 4.74 Å². The summed E-state index contributed by atoms with van der Waals surface area (Å²) in [5, 5.41) is 10.6. The lowest BCUT2D eigenvalue weighted by atomic mass is 10.1. The van der Waals surface area contributed by atoms with E-state index in [-0.39, 0.29) is 24.2 Å². The van der Waals surface area contributed by atoms with Gasteiger partial charge in [-0.2, -0.15) is 0 Å². The van der Waals surface area contributed by atoms with Gasteiger partial charge in [0, 0.05) is 17.7 Å². The normalized spacial score (nSPS) is 15.8. The number of Topliss-reactive ketones (excluding diaryl/α,β-unsaturated/α-hetero) is 1. The Balaban J connectivity index is 1.95. The summed E-state index contributed by atoms with van der Waals surface area (Å²) in [6, 6.07) is 5.75. The van der Waals surface area contributed by atoms with Crippen LogP contribution in [0.2, 0.25) is 0 Å². The molecule has 0 unspecified atom stereocenters. The standard InChI is InChI=1S/C13H15NO4/c15-13(9-18-12-6-1-2-7-12)10-4-3-5-11(8-10)14(16)17/h3-5,8,12H,1-2,6-7,9H2. The Morgan fingerprint density at radius 2 is 2.11 bits per heavy atom. The van der Waals surface area contributed by atoms with Crippen LogP contribution in [0.25, 0.3) is 0 Å². The predicted octanol–water partition coefficient (Wildman–Crippen LogP) is 2.74. The zero-order valence-electron chi connectivity index (χ0n) is 10.0. The molecule has 0 radical (unpaired) electrons. The van der Waals surface area contributed by atoms with E-state index in [0.29, 0.717) is 5.56 Å². The number of benzene rings is 1. The van der Waals surface area contributed by atoms with Crippen molar-refractivity contribution in [1.82, 2.24) is 0 Å². The lowest BCUT2D eigenvalue weighted by molar-refractivity contribution is -0.384. The third kappa shape index (κ3) is 3.13. The third-order valence-electron chi connectivity index (χ3n) is 3.13. The summed E-state index contributed by atoms with van der Waals surface area (Å²) in [6.07, 6.45) is 4.48. The van der Waals surface area contributed by atoms with Crippen molar-refractivity contribution in [3.63, 3.8) is 0 Å². The fraction of sp³-hybridized carbons (Fsp3) is 0.462. The Hall–Kier alpha value is -1.75. The first-order chi connectivity index (χ1) is 8.66. The fourth-order valence-electron chi connectivity index (χ4n) is 2.12. The van der Waals surface area contributed by atoms with E-state index in [1.54, 1.807) is 6.07 Å². The highest BCUT2D eigenvalue weighted by Crippen LogP contribution is 2.21. The van der Waals surface area contributed by atoms with E-state index in [4.69, 9.17) is 4.74 Å². The number of nitro benzene ring substituents is 1. The maximum atomic E-state index is 11.8. The number of carbonyl (C=O) groups is 1. The molecule has 0 amide bonds. The molecule has 96 valence electrons. The summed E-state index contributed by atoms with van der Waals surface area (Å²) in [7, 11) is 0. The highest BCUT2D eigenvalue weighted by molar-refractivity contribution is 5.97. The average molecular weight is 249 g/mol. The second-order valence-electron chi connectivity index (χ2n) is 4.45. The molecule has 2 rings (SSSR count). The molecule has 1 aliphatic rings. The second kappa shape index (κ2) is 5.73. The molecule has 18 heavy (non-hydrogen) atoms. The van der Waals surface area contributed by atoms with Crippen molar-refractivity contribution in [2.45, 2.75) is 31.8 Å². The molecule has 0 saturated heterocycles. The molecule has 0 atom stereocenters. The molecule has 0 bridgehead atoms. The van der Waals surface area contributed by atoms with Gasteiger partial charge in [-0.1, -0.05) is 25.0 Å². The molecule has 1 fully saturated rings. The molecular weight excluding hydrogens is 234 g/mol. The van der Waals surface area contributed by atoms with Crippen LogP contribution in [-0.2, 0) is 4.74 Å². The Morgan fingerprint density at radius 3 is 2.78 bits per heavy atom. The summed E-state index contributed by atoms with van der Waals surface area (Å²) in [5.74, 6) is -0.203. The summed E-state index contributed by atoms with van der Waals surface area (Å²) >= 11 is 0. The average Bonchev–Trinajstić information content (AvgIpc) is 2.89. The van der Waals surface area contributed by atoms with Crippen LogP contribution >= 0.6 is 0 Å². The Bertz CT molecular complexity index is 452. The summed E-state index contributed by atoms with van der Waals surface area (Å²) in [4.78, 5) is 21.9. The molecule has 1 aromatic carbocycles. The first-order valence-corrected chi connectivity index (χ1v) is 6.06. The Kier molecular flexibility index (Phi) is 4.04. The van der Waals surface area contributed by atoms with E-state index < -0.39 is 4.92 Å². The van der Waals surface area contributed by atoms with E-state index in [1.807, 2.05) is 0 Å². The number of hydrogen-bond donors (Lipinski definition) is 0. The van der Waals surface area contributed by atoms with Gasteiger partial charge in [0.2, 0.25) is 0 Å². The summed E-state index contributed by atoms with van der Waals surface area (Å²) in [6.45, 7) is 0.00579. The van der Waals surface area contributed by atoms with Crippen LogP contribution in [0.3, 0.4) is 0 Å². The number of rotatable bonds is 5. The zero-order chi connectivity index (χ0) is 13.0. The molecule has 0 aromatic heterocycles. The molecule has 0 N–H and O–H groups in total. The van der Waals surface area contributed by atoms with Gasteiger partial charge >= 0.3 is 0 Å². The highest BCUT2D eigenvalue weighted by atomic mass is 16.6. The predicted molar refractivity (Wildman–Crippen MR) is 65.6 cm³/mol. The highest BCUT2D eigenvalue weighted by Gasteiger charge is 2.18. The minimum Gasteiger partial charge on any atom is -0.370 e. The van der Waals surface area contributed by atoms with Gasteiger partial charge in [-0.3, -0.25) is 14.9 Å². The summed E-state index contributed by atoms with van der Waals surface area (Å²) in [5.41, 5.74) is 0.268. The van der Waals surface area contributed by atoms with Gasteiger partial charge in [0.1, 0.15) is 6.61 Å². The van der Waals surface area contributed by atoms with E-state index in [9.17, 15) is 14.9 Å². The van der Waals surface area contributed by atoms with Crippen molar-refractivity contribution in [3.05, 3.63) is 39.9 Å². The van der Waals surface area contributed by atoms with Gasteiger partial charge in [-0.15, -0.1) is 0 Å². The number of hydrogen-bond acceptors (Lipinski definition) is 4. The van der Waals surface area contributed by atoms with Crippen LogP contribution < -0.4 is 0 Å². The van der Waals surface area contributed by atoms with E-state index in [2.05, 4.69) is 0 Å². The van der Waals surface area contributed by atoms with Gasteiger partial charge in [0.05, 0.1) is 11.0 Å². The molecule has 1 aromatic rings. The first-order valence-electron chi connectivity index (χ1n) is 6.06. The molecule has 1 aliphatic carbocycles.